The quantitative estimate of drug-likeness (QED) is 0.292. The number of aromatic amines is 1. The first-order chi connectivity index (χ1) is 17.6. The number of anilines is 2. The van der Waals surface area contributed by atoms with Crippen molar-refractivity contribution in [1.82, 2.24) is 14.8 Å². The number of aryl methyl sites for hydroxylation is 1. The van der Waals surface area contributed by atoms with Crippen molar-refractivity contribution in [3.8, 4) is 6.07 Å². The maximum absolute atomic E-state index is 13.4. The number of alkyl halides is 4. The van der Waals surface area contributed by atoms with Crippen LogP contribution in [0.4, 0.5) is 24.8 Å². The minimum Gasteiger partial charge on any atom is -0.478 e. The van der Waals surface area contributed by atoms with Gasteiger partial charge in [-0.3, -0.25) is 4.90 Å². The number of aliphatic carboxylic acids is 1. The molecule has 2 aromatic carbocycles. The normalized spacial score (nSPS) is 15.5. The van der Waals surface area contributed by atoms with Gasteiger partial charge in [-0.15, -0.1) is 5.10 Å². The van der Waals surface area contributed by atoms with Crippen LogP contribution in [-0.4, -0.2) is 31.2 Å². The van der Waals surface area contributed by atoms with Crippen LogP contribution < -0.4 is 10.6 Å². The smallest absolute Gasteiger partial charge is 0.416 e. The van der Waals surface area contributed by atoms with Crippen molar-refractivity contribution in [2.45, 2.75) is 38.4 Å². The predicted octanol–water partition coefficient (Wildman–Crippen LogP) is 5.28. The zero-order valence-electron chi connectivity index (χ0n) is 19.5. The fraction of sp³-hybridized carbons (Fsp3) is 0.280. The van der Waals surface area contributed by atoms with Crippen molar-refractivity contribution in [3.63, 3.8) is 0 Å². The third-order valence-corrected chi connectivity index (χ3v) is 6.76. The minimum absolute atomic E-state index is 0.00199. The van der Waals surface area contributed by atoms with E-state index in [2.05, 4.69) is 32.2 Å². The van der Waals surface area contributed by atoms with Crippen LogP contribution in [0, 0.1) is 11.3 Å². The van der Waals surface area contributed by atoms with E-state index >= 15 is 0 Å². The Morgan fingerprint density at radius 3 is 2.65 bits per heavy atom. The molecular formula is C25H21BrF3N5O3. The van der Waals surface area contributed by atoms with E-state index < -0.39 is 29.4 Å². The van der Waals surface area contributed by atoms with Gasteiger partial charge in [0.1, 0.15) is 6.04 Å². The van der Waals surface area contributed by atoms with Gasteiger partial charge in [0, 0.05) is 16.7 Å². The molecule has 3 aromatic rings. The highest BCUT2D eigenvalue weighted by atomic mass is 79.9. The predicted molar refractivity (Wildman–Crippen MR) is 133 cm³/mol. The number of H-pyrrole nitrogens is 1. The van der Waals surface area contributed by atoms with Gasteiger partial charge in [0.05, 0.1) is 22.8 Å². The Hall–Kier alpha value is -3.85. The largest absolute Gasteiger partial charge is 0.478 e. The molecule has 0 fully saturated rings. The first kappa shape index (κ1) is 26.2. The van der Waals surface area contributed by atoms with Gasteiger partial charge in [-0.1, -0.05) is 28.1 Å². The lowest BCUT2D eigenvalue weighted by Crippen LogP contribution is -2.37. The van der Waals surface area contributed by atoms with Crippen molar-refractivity contribution < 1.29 is 23.1 Å². The van der Waals surface area contributed by atoms with Gasteiger partial charge < -0.3 is 5.11 Å². The maximum Gasteiger partial charge on any atom is 0.416 e. The third-order valence-electron chi connectivity index (χ3n) is 6.20. The molecule has 0 radical (unpaired) electrons. The van der Waals surface area contributed by atoms with E-state index in [4.69, 9.17) is 0 Å². The highest BCUT2D eigenvalue weighted by molar-refractivity contribution is 9.09. The molecule has 0 unspecified atom stereocenters. The molecule has 192 valence electrons. The van der Waals surface area contributed by atoms with E-state index in [1.54, 1.807) is 18.2 Å². The molecular weight excluding hydrogens is 555 g/mol. The first-order valence-corrected chi connectivity index (χ1v) is 12.4. The molecule has 1 aliphatic heterocycles. The summed E-state index contributed by atoms with van der Waals surface area (Å²) in [7, 11) is 0. The van der Waals surface area contributed by atoms with Crippen LogP contribution in [-0.2, 0) is 17.4 Å². The summed E-state index contributed by atoms with van der Waals surface area (Å²) in [5.74, 6) is -1.39. The number of fused-ring (bicyclic) bond motifs is 1. The number of hydrogen-bond acceptors (Lipinski definition) is 5. The van der Waals surface area contributed by atoms with Gasteiger partial charge in [0.2, 0.25) is 5.95 Å². The number of benzene rings is 2. The van der Waals surface area contributed by atoms with Crippen LogP contribution >= 0.6 is 15.9 Å². The first-order valence-electron chi connectivity index (χ1n) is 11.3. The Kier molecular flexibility index (Phi) is 7.27. The average molecular weight is 576 g/mol. The van der Waals surface area contributed by atoms with E-state index in [1.807, 2.05) is 0 Å². The molecule has 0 aliphatic carbocycles. The van der Waals surface area contributed by atoms with E-state index in [-0.39, 0.29) is 22.9 Å². The Bertz CT molecular complexity index is 1490. The second kappa shape index (κ2) is 10.3. The second-order valence-corrected chi connectivity index (χ2v) is 9.25. The molecule has 0 bridgehead atoms. The number of nitrogens with zero attached hydrogens (tertiary/aromatic N) is 4. The van der Waals surface area contributed by atoms with Crippen molar-refractivity contribution in [1.29, 1.82) is 5.26 Å². The Morgan fingerprint density at radius 1 is 1.24 bits per heavy atom. The summed E-state index contributed by atoms with van der Waals surface area (Å²) in [4.78, 5) is 26.8. The van der Waals surface area contributed by atoms with Crippen molar-refractivity contribution in [2.75, 3.05) is 10.2 Å². The molecule has 2 heterocycles. The number of carbonyl (C=O) groups is 1. The van der Waals surface area contributed by atoms with E-state index in [1.165, 1.54) is 24.0 Å². The number of carboxylic acids is 1. The van der Waals surface area contributed by atoms with Crippen LogP contribution in [0.5, 0.6) is 0 Å². The molecule has 12 heteroatoms. The molecule has 2 N–H and O–H groups in total. The monoisotopic (exact) mass is 575 g/mol. The molecule has 1 atom stereocenters. The number of hydrogen-bond donors (Lipinski definition) is 2. The van der Waals surface area contributed by atoms with Gasteiger partial charge >= 0.3 is 17.8 Å². The van der Waals surface area contributed by atoms with Crippen LogP contribution in [0.1, 0.15) is 48.1 Å². The Morgan fingerprint density at radius 2 is 2.00 bits per heavy atom. The van der Waals surface area contributed by atoms with Gasteiger partial charge in [0.25, 0.3) is 0 Å². The van der Waals surface area contributed by atoms with E-state index in [0.29, 0.717) is 23.1 Å². The highest BCUT2D eigenvalue weighted by Crippen LogP contribution is 2.43. The van der Waals surface area contributed by atoms with Crippen LogP contribution in [0.15, 0.2) is 58.5 Å². The topological polar surface area (TPSA) is 115 Å². The van der Waals surface area contributed by atoms with Crippen molar-refractivity contribution >= 4 is 33.5 Å². The number of halogens is 4. The Balaban J connectivity index is 1.97. The van der Waals surface area contributed by atoms with Gasteiger partial charge in [-0.2, -0.15) is 18.4 Å². The average Bonchev–Trinajstić information content (AvgIpc) is 3.23. The van der Waals surface area contributed by atoms with Crippen LogP contribution in [0.25, 0.3) is 0 Å². The molecule has 1 aliphatic rings. The summed E-state index contributed by atoms with van der Waals surface area (Å²) in [5, 5.41) is 26.8. The molecule has 0 saturated carbocycles. The maximum atomic E-state index is 13.4. The number of carboxylic acid groups (broad SMARTS) is 1. The fourth-order valence-electron chi connectivity index (χ4n) is 4.55. The highest BCUT2D eigenvalue weighted by Gasteiger charge is 2.40. The molecule has 37 heavy (non-hydrogen) atoms. The summed E-state index contributed by atoms with van der Waals surface area (Å²) in [6.07, 6.45) is -2.52. The number of rotatable bonds is 7. The van der Waals surface area contributed by atoms with Crippen molar-refractivity contribution in [2.24, 2.45) is 0 Å². The Labute approximate surface area is 217 Å². The molecule has 1 aromatic heterocycles. The van der Waals surface area contributed by atoms with Gasteiger partial charge in [0.15, 0.2) is 0 Å². The molecule has 0 amide bonds. The fourth-order valence-corrected chi connectivity index (χ4v) is 4.95. The van der Waals surface area contributed by atoms with Crippen LogP contribution in [0.2, 0.25) is 0 Å². The summed E-state index contributed by atoms with van der Waals surface area (Å²) in [5.41, 5.74) is -0.152. The zero-order valence-corrected chi connectivity index (χ0v) is 21.1. The molecule has 0 saturated heterocycles. The minimum atomic E-state index is -4.63. The molecule has 0 spiro atoms. The summed E-state index contributed by atoms with van der Waals surface area (Å²) in [6.45, 7) is 1.47. The number of allylic oxidation sites excluding steroid dienone is 1. The SMILES string of the molecule is CC1=C(C(=O)O)[C@@H](c2ccc(C#N)cc2CCCCBr)n2c(n[nH]c2=O)N1c1cccc(C(F)(F)F)c1. The zero-order chi connectivity index (χ0) is 26.9. The lowest BCUT2D eigenvalue weighted by Gasteiger charge is -2.35. The number of nitriles is 1. The van der Waals surface area contributed by atoms with E-state index in [0.717, 1.165) is 34.9 Å². The van der Waals surface area contributed by atoms with Gasteiger partial charge in [-0.25, -0.2) is 19.3 Å². The second-order valence-electron chi connectivity index (χ2n) is 8.46. The van der Waals surface area contributed by atoms with Gasteiger partial charge in [-0.05, 0) is 67.6 Å². The standard InChI is InChI=1S/C25H21BrF3N5O3/c1-14-20(22(35)36)21(19-9-8-15(13-30)11-16(19)5-2-3-10-26)34-23(31-32-24(34)37)33(14)18-7-4-6-17(12-18)25(27,28)29/h4,6-9,11-12,21H,2-3,5,10H2,1H3,(H,32,37)(H,35,36)/t21-/m1/s1. The lowest BCUT2D eigenvalue weighted by atomic mass is 9.88. The number of aromatic nitrogens is 3. The molecule has 8 nitrogen and oxygen atoms in total. The third kappa shape index (κ3) is 4.91. The lowest BCUT2D eigenvalue weighted by molar-refractivity contribution is -0.137. The number of unbranched alkanes of at least 4 members (excludes halogenated alkanes) is 1. The summed E-state index contributed by atoms with van der Waals surface area (Å²) < 4.78 is 41.4. The van der Waals surface area contributed by atoms with Crippen molar-refractivity contribution in [3.05, 3.63) is 86.5 Å². The number of nitrogens with one attached hydrogen (secondary N) is 1. The summed E-state index contributed by atoms with van der Waals surface area (Å²) in [6, 6.07) is 10.2. The molecule has 4 rings (SSSR count). The van der Waals surface area contributed by atoms with Crippen LogP contribution in [0.3, 0.4) is 0 Å². The summed E-state index contributed by atoms with van der Waals surface area (Å²) >= 11 is 3.38. The van der Waals surface area contributed by atoms with E-state index in [9.17, 15) is 33.1 Å².